The fourth-order valence-electron chi connectivity index (χ4n) is 1.44. The SMILES string of the molecule is CCCNC(=O)C(C)N(CC)CCC(N)=S. The second-order valence-corrected chi connectivity index (χ2v) is 4.34. The first-order valence-electron chi connectivity index (χ1n) is 5.82. The van der Waals surface area contributed by atoms with Crippen LogP contribution in [0, 0.1) is 0 Å². The highest BCUT2D eigenvalue weighted by molar-refractivity contribution is 7.80. The number of hydrogen-bond donors (Lipinski definition) is 2. The fraction of sp³-hybridized carbons (Fsp3) is 0.818. The summed E-state index contributed by atoms with van der Waals surface area (Å²) in [7, 11) is 0. The summed E-state index contributed by atoms with van der Waals surface area (Å²) < 4.78 is 0. The molecule has 16 heavy (non-hydrogen) atoms. The lowest BCUT2D eigenvalue weighted by molar-refractivity contribution is -0.125. The van der Waals surface area contributed by atoms with Gasteiger partial charge in [0, 0.05) is 19.5 Å². The third kappa shape index (κ3) is 6.02. The minimum atomic E-state index is -0.120. The Morgan fingerprint density at radius 2 is 2.12 bits per heavy atom. The number of amides is 1. The summed E-state index contributed by atoms with van der Waals surface area (Å²) in [6.45, 7) is 8.28. The van der Waals surface area contributed by atoms with Gasteiger partial charge in [-0.1, -0.05) is 26.1 Å². The van der Waals surface area contributed by atoms with Crippen LogP contribution in [-0.4, -0.2) is 41.5 Å². The first-order valence-corrected chi connectivity index (χ1v) is 6.23. The van der Waals surface area contributed by atoms with E-state index in [1.807, 2.05) is 20.8 Å². The molecule has 0 aromatic heterocycles. The van der Waals surface area contributed by atoms with Gasteiger partial charge in [0.1, 0.15) is 0 Å². The molecule has 5 heteroatoms. The first kappa shape index (κ1) is 15.3. The van der Waals surface area contributed by atoms with Crippen LogP contribution in [0.3, 0.4) is 0 Å². The van der Waals surface area contributed by atoms with Crippen LogP contribution >= 0.6 is 12.2 Å². The molecule has 1 unspecified atom stereocenters. The van der Waals surface area contributed by atoms with Gasteiger partial charge in [0.25, 0.3) is 0 Å². The van der Waals surface area contributed by atoms with Crippen molar-refractivity contribution in [2.45, 2.75) is 39.7 Å². The second-order valence-electron chi connectivity index (χ2n) is 3.81. The van der Waals surface area contributed by atoms with Gasteiger partial charge in [-0.05, 0) is 19.9 Å². The molecule has 1 amide bonds. The van der Waals surface area contributed by atoms with Crippen molar-refractivity contribution in [3.8, 4) is 0 Å². The average Bonchev–Trinajstić information content (AvgIpc) is 2.25. The molecule has 0 heterocycles. The van der Waals surface area contributed by atoms with Crippen LogP contribution in [0.4, 0.5) is 0 Å². The van der Waals surface area contributed by atoms with Gasteiger partial charge in [0.15, 0.2) is 0 Å². The lowest BCUT2D eigenvalue weighted by Crippen LogP contribution is -2.46. The molecule has 4 nitrogen and oxygen atoms in total. The maximum Gasteiger partial charge on any atom is 0.237 e. The second kappa shape index (κ2) is 8.47. The van der Waals surface area contributed by atoms with Gasteiger partial charge in [-0.25, -0.2) is 0 Å². The maximum absolute atomic E-state index is 11.7. The summed E-state index contributed by atoms with van der Waals surface area (Å²) in [6, 6.07) is -0.120. The number of hydrogen-bond acceptors (Lipinski definition) is 3. The molecule has 0 aliphatic rings. The highest BCUT2D eigenvalue weighted by atomic mass is 32.1. The molecule has 0 radical (unpaired) electrons. The van der Waals surface area contributed by atoms with Crippen LogP contribution in [0.2, 0.25) is 0 Å². The van der Waals surface area contributed by atoms with Crippen LogP contribution in [0.15, 0.2) is 0 Å². The topological polar surface area (TPSA) is 58.4 Å². The van der Waals surface area contributed by atoms with E-state index < -0.39 is 0 Å². The van der Waals surface area contributed by atoms with E-state index in [-0.39, 0.29) is 11.9 Å². The molecule has 0 spiro atoms. The normalized spacial score (nSPS) is 12.5. The highest BCUT2D eigenvalue weighted by Crippen LogP contribution is 2.00. The van der Waals surface area contributed by atoms with E-state index in [0.29, 0.717) is 11.4 Å². The van der Waals surface area contributed by atoms with Gasteiger partial charge in [-0.2, -0.15) is 0 Å². The van der Waals surface area contributed by atoms with Crippen LogP contribution in [0.1, 0.15) is 33.6 Å². The molecule has 0 aromatic carbocycles. The molecule has 1 atom stereocenters. The average molecular weight is 245 g/mol. The minimum Gasteiger partial charge on any atom is -0.393 e. The maximum atomic E-state index is 11.7. The molecule has 3 N–H and O–H groups in total. The Morgan fingerprint density at radius 3 is 2.56 bits per heavy atom. The summed E-state index contributed by atoms with van der Waals surface area (Å²) >= 11 is 4.83. The van der Waals surface area contributed by atoms with E-state index in [1.165, 1.54) is 0 Å². The highest BCUT2D eigenvalue weighted by Gasteiger charge is 2.18. The Balaban J connectivity index is 4.12. The van der Waals surface area contributed by atoms with Crippen LogP contribution in [0.5, 0.6) is 0 Å². The summed E-state index contributed by atoms with van der Waals surface area (Å²) in [5.41, 5.74) is 5.46. The third-order valence-electron chi connectivity index (χ3n) is 2.53. The monoisotopic (exact) mass is 245 g/mol. The standard InChI is InChI=1S/C11H23N3OS/c1-4-7-13-11(15)9(3)14(5-2)8-6-10(12)16/h9H,4-8H2,1-3H3,(H2,12,16)(H,13,15). The summed E-state index contributed by atoms with van der Waals surface area (Å²) in [5, 5.41) is 2.89. The van der Waals surface area contributed by atoms with Gasteiger partial charge in [0.2, 0.25) is 5.91 Å². The molecule has 0 aromatic rings. The molecular formula is C11H23N3OS. The van der Waals surface area contributed by atoms with Crippen molar-refractivity contribution in [3.05, 3.63) is 0 Å². The van der Waals surface area contributed by atoms with Crippen LogP contribution in [0.25, 0.3) is 0 Å². The van der Waals surface area contributed by atoms with Crippen molar-refractivity contribution < 1.29 is 4.79 Å². The Kier molecular flexibility index (Phi) is 8.11. The van der Waals surface area contributed by atoms with Crippen LogP contribution in [-0.2, 0) is 4.79 Å². The van der Waals surface area contributed by atoms with Crippen molar-refractivity contribution in [1.82, 2.24) is 10.2 Å². The van der Waals surface area contributed by atoms with Gasteiger partial charge in [0.05, 0.1) is 11.0 Å². The van der Waals surface area contributed by atoms with Crippen molar-refractivity contribution in [1.29, 1.82) is 0 Å². The number of nitrogens with zero attached hydrogens (tertiary/aromatic N) is 1. The Hall–Kier alpha value is -0.680. The Morgan fingerprint density at radius 1 is 1.50 bits per heavy atom. The number of thiocarbonyl (C=S) groups is 1. The molecular weight excluding hydrogens is 222 g/mol. The van der Waals surface area contributed by atoms with E-state index in [2.05, 4.69) is 10.2 Å². The van der Waals surface area contributed by atoms with E-state index >= 15 is 0 Å². The molecule has 0 aliphatic carbocycles. The van der Waals surface area contributed by atoms with E-state index in [4.69, 9.17) is 18.0 Å². The van der Waals surface area contributed by atoms with Crippen molar-refractivity contribution in [2.24, 2.45) is 5.73 Å². The largest absolute Gasteiger partial charge is 0.393 e. The predicted octanol–water partition coefficient (Wildman–Crippen LogP) is 0.899. The summed E-state index contributed by atoms with van der Waals surface area (Å²) in [5.74, 6) is 0.0756. The van der Waals surface area contributed by atoms with Gasteiger partial charge in [-0.15, -0.1) is 0 Å². The zero-order valence-electron chi connectivity index (χ0n) is 10.5. The molecule has 0 aliphatic heterocycles. The van der Waals surface area contributed by atoms with E-state index in [1.54, 1.807) is 0 Å². The quantitative estimate of drug-likeness (QED) is 0.624. The predicted molar refractivity (Wildman–Crippen MR) is 71.4 cm³/mol. The molecule has 0 saturated heterocycles. The first-order chi connectivity index (χ1) is 7.52. The number of carbonyl (C=O) groups excluding carboxylic acids is 1. The summed E-state index contributed by atoms with van der Waals surface area (Å²) in [6.07, 6.45) is 1.62. The number of nitrogens with two attached hydrogens (primary N) is 1. The minimum absolute atomic E-state index is 0.0756. The zero-order valence-corrected chi connectivity index (χ0v) is 11.3. The molecule has 0 rings (SSSR count). The molecule has 94 valence electrons. The molecule has 0 saturated carbocycles. The lowest BCUT2D eigenvalue weighted by atomic mass is 10.2. The number of carbonyl (C=O) groups is 1. The molecule has 0 bridgehead atoms. The smallest absolute Gasteiger partial charge is 0.237 e. The van der Waals surface area contributed by atoms with E-state index in [9.17, 15) is 4.79 Å². The lowest BCUT2D eigenvalue weighted by Gasteiger charge is -2.26. The van der Waals surface area contributed by atoms with Gasteiger partial charge >= 0.3 is 0 Å². The zero-order chi connectivity index (χ0) is 12.6. The third-order valence-corrected chi connectivity index (χ3v) is 2.73. The van der Waals surface area contributed by atoms with Crippen molar-refractivity contribution in [3.63, 3.8) is 0 Å². The summed E-state index contributed by atoms with van der Waals surface area (Å²) in [4.78, 5) is 14.3. The molecule has 0 fully saturated rings. The Labute approximate surface area is 104 Å². The Bertz CT molecular complexity index is 233. The van der Waals surface area contributed by atoms with Crippen molar-refractivity contribution in [2.75, 3.05) is 19.6 Å². The van der Waals surface area contributed by atoms with Gasteiger partial charge in [-0.3, -0.25) is 9.69 Å². The van der Waals surface area contributed by atoms with Gasteiger partial charge < -0.3 is 11.1 Å². The van der Waals surface area contributed by atoms with Crippen molar-refractivity contribution >= 4 is 23.1 Å². The van der Waals surface area contributed by atoms with E-state index in [0.717, 1.165) is 26.1 Å². The number of likely N-dealkylation sites (N-methyl/N-ethyl adjacent to an activating group) is 1. The number of rotatable bonds is 8. The van der Waals surface area contributed by atoms with Crippen LogP contribution < -0.4 is 11.1 Å². The number of nitrogens with one attached hydrogen (secondary N) is 1. The fourth-order valence-corrected chi connectivity index (χ4v) is 1.53.